The maximum atomic E-state index is 11.7. The molecular weight excluding hydrogens is 246 g/mol. The van der Waals surface area contributed by atoms with Gasteiger partial charge in [-0.05, 0) is 6.07 Å². The second kappa shape index (κ2) is 5.30. The number of carbonyl (C=O) groups excluding carboxylic acids is 1. The van der Waals surface area contributed by atoms with Crippen molar-refractivity contribution in [3.63, 3.8) is 0 Å². The Morgan fingerprint density at radius 2 is 2.18 bits per heavy atom. The van der Waals surface area contributed by atoms with Crippen LogP contribution in [0.5, 0.6) is 0 Å². The summed E-state index contributed by atoms with van der Waals surface area (Å²) in [6, 6.07) is 1.28. The maximum Gasteiger partial charge on any atom is 0.267 e. The van der Waals surface area contributed by atoms with Crippen molar-refractivity contribution in [1.29, 1.82) is 0 Å². The van der Waals surface area contributed by atoms with E-state index in [4.69, 9.17) is 5.11 Å². The van der Waals surface area contributed by atoms with Gasteiger partial charge in [0, 0.05) is 26.8 Å². The van der Waals surface area contributed by atoms with Crippen molar-refractivity contribution >= 4 is 15.9 Å². The third kappa shape index (κ3) is 3.05. The number of hydrogen-bond acceptors (Lipinski definition) is 4. The summed E-state index contributed by atoms with van der Waals surface area (Å²) in [6.45, 7) is -0.346. The molecule has 0 fully saturated rings. The molecule has 0 aliphatic rings. The summed E-state index contributed by atoms with van der Waals surface area (Å²) in [5.74, 6) is -0.365. The van der Waals surface area contributed by atoms with Crippen LogP contribution in [0, 0.1) is 0 Å². The van der Waals surface area contributed by atoms with E-state index < -0.39 is 10.0 Å². The summed E-state index contributed by atoms with van der Waals surface area (Å²) in [6.07, 6.45) is 1.34. The number of nitrogens with one attached hydrogen (secondary N) is 2. The lowest BCUT2D eigenvalue weighted by atomic mass is 10.4. The summed E-state index contributed by atoms with van der Waals surface area (Å²) in [7, 11) is -0.632. The highest BCUT2D eigenvalue weighted by molar-refractivity contribution is 7.89. The highest BCUT2D eigenvalue weighted by Gasteiger charge is 2.19. The van der Waals surface area contributed by atoms with Gasteiger partial charge in [-0.3, -0.25) is 4.79 Å². The van der Waals surface area contributed by atoms with Gasteiger partial charge in [-0.1, -0.05) is 0 Å². The van der Waals surface area contributed by atoms with Gasteiger partial charge in [0.25, 0.3) is 5.91 Å². The second-order valence-electron chi connectivity index (χ2n) is 3.37. The first-order valence-corrected chi connectivity index (χ1v) is 6.39. The van der Waals surface area contributed by atoms with Crippen molar-refractivity contribution in [2.75, 3.05) is 20.2 Å². The number of aliphatic hydroxyl groups excluding tert-OH is 1. The van der Waals surface area contributed by atoms with Gasteiger partial charge >= 0.3 is 0 Å². The molecule has 8 heteroatoms. The van der Waals surface area contributed by atoms with E-state index in [9.17, 15) is 13.2 Å². The molecule has 1 amide bonds. The van der Waals surface area contributed by atoms with Gasteiger partial charge in [0.2, 0.25) is 10.0 Å². The number of aryl methyl sites for hydroxylation is 1. The van der Waals surface area contributed by atoms with Crippen LogP contribution in [0.3, 0.4) is 0 Å². The molecule has 1 aromatic heterocycles. The van der Waals surface area contributed by atoms with Crippen LogP contribution in [0.1, 0.15) is 10.5 Å². The molecule has 0 atom stereocenters. The molecule has 7 nitrogen and oxygen atoms in total. The van der Waals surface area contributed by atoms with E-state index >= 15 is 0 Å². The van der Waals surface area contributed by atoms with Gasteiger partial charge in [0.1, 0.15) is 10.6 Å². The van der Waals surface area contributed by atoms with Crippen molar-refractivity contribution in [3.05, 3.63) is 18.0 Å². The zero-order valence-corrected chi connectivity index (χ0v) is 10.4. The van der Waals surface area contributed by atoms with Crippen LogP contribution in [0.25, 0.3) is 0 Å². The predicted octanol–water partition coefficient (Wildman–Crippen LogP) is -1.34. The van der Waals surface area contributed by atoms with Gasteiger partial charge in [-0.15, -0.1) is 0 Å². The Labute approximate surface area is 99.5 Å². The minimum atomic E-state index is -3.68. The standard InChI is InChI=1S/C9H15N3O4S/c1-10-9(14)8-5-7(6-12(8)2)17(15,16)11-3-4-13/h5-6,11,13H,3-4H2,1-2H3,(H,10,14). The molecule has 0 saturated heterocycles. The van der Waals surface area contributed by atoms with Crippen molar-refractivity contribution in [2.24, 2.45) is 7.05 Å². The van der Waals surface area contributed by atoms with Gasteiger partial charge in [-0.25, -0.2) is 13.1 Å². The van der Waals surface area contributed by atoms with Crippen LogP contribution in [0.15, 0.2) is 17.2 Å². The highest BCUT2D eigenvalue weighted by atomic mass is 32.2. The summed E-state index contributed by atoms with van der Waals surface area (Å²) in [4.78, 5) is 11.4. The number of hydrogen-bond donors (Lipinski definition) is 3. The molecule has 17 heavy (non-hydrogen) atoms. The molecule has 0 unspecified atom stereocenters. The summed E-state index contributed by atoms with van der Waals surface area (Å²) < 4.78 is 27.0. The summed E-state index contributed by atoms with van der Waals surface area (Å²) >= 11 is 0. The molecule has 0 aliphatic heterocycles. The lowest BCUT2D eigenvalue weighted by Gasteiger charge is -2.01. The van der Waals surface area contributed by atoms with Crippen LogP contribution >= 0.6 is 0 Å². The molecule has 3 N–H and O–H groups in total. The van der Waals surface area contributed by atoms with E-state index in [-0.39, 0.29) is 29.6 Å². The zero-order valence-electron chi connectivity index (χ0n) is 9.60. The molecule has 1 rings (SSSR count). The first kappa shape index (κ1) is 13.7. The Hall–Kier alpha value is -1.38. The Bertz CT molecular complexity index is 506. The first-order valence-electron chi connectivity index (χ1n) is 4.91. The minimum absolute atomic E-state index is 0.00736. The second-order valence-corrected chi connectivity index (χ2v) is 5.14. The third-order valence-electron chi connectivity index (χ3n) is 2.15. The van der Waals surface area contributed by atoms with Gasteiger partial charge < -0.3 is 15.0 Å². The monoisotopic (exact) mass is 261 g/mol. The molecule has 96 valence electrons. The first-order chi connectivity index (χ1) is 7.92. The summed E-state index contributed by atoms with van der Waals surface area (Å²) in [5, 5.41) is 11.0. The third-order valence-corrected chi connectivity index (χ3v) is 3.58. The lowest BCUT2D eigenvalue weighted by molar-refractivity contribution is 0.0955. The largest absolute Gasteiger partial charge is 0.395 e. The Morgan fingerprint density at radius 1 is 1.53 bits per heavy atom. The molecule has 1 heterocycles. The van der Waals surface area contributed by atoms with Crippen molar-refractivity contribution in [3.8, 4) is 0 Å². The minimum Gasteiger partial charge on any atom is -0.395 e. The number of aromatic nitrogens is 1. The SMILES string of the molecule is CNC(=O)c1cc(S(=O)(=O)NCCO)cn1C. The molecule has 0 spiro atoms. The smallest absolute Gasteiger partial charge is 0.267 e. The molecule has 0 bridgehead atoms. The molecule has 0 aliphatic carbocycles. The maximum absolute atomic E-state index is 11.7. The van der Waals surface area contributed by atoms with Crippen LogP contribution in [-0.4, -0.2) is 44.2 Å². The van der Waals surface area contributed by atoms with Gasteiger partial charge in [0.05, 0.1) is 6.61 Å². The Balaban J connectivity index is 3.05. The molecule has 0 saturated carbocycles. The molecule has 0 radical (unpaired) electrons. The van der Waals surface area contributed by atoms with Crippen LogP contribution in [0.2, 0.25) is 0 Å². The fraction of sp³-hybridized carbons (Fsp3) is 0.444. The normalized spacial score (nSPS) is 11.5. The zero-order chi connectivity index (χ0) is 13.1. The van der Waals surface area contributed by atoms with Crippen molar-refractivity contribution in [2.45, 2.75) is 4.90 Å². The van der Waals surface area contributed by atoms with E-state index in [0.29, 0.717) is 0 Å². The quantitative estimate of drug-likeness (QED) is 0.610. The lowest BCUT2D eigenvalue weighted by Crippen LogP contribution is -2.26. The van der Waals surface area contributed by atoms with E-state index in [1.54, 1.807) is 7.05 Å². The van der Waals surface area contributed by atoms with E-state index in [2.05, 4.69) is 10.0 Å². The van der Waals surface area contributed by atoms with Crippen molar-refractivity contribution in [1.82, 2.24) is 14.6 Å². The molecular formula is C9H15N3O4S. The van der Waals surface area contributed by atoms with Crippen LogP contribution < -0.4 is 10.0 Å². The summed E-state index contributed by atoms with van der Waals surface area (Å²) in [5.41, 5.74) is 0.247. The number of rotatable bonds is 5. The van der Waals surface area contributed by atoms with Crippen LogP contribution in [0.4, 0.5) is 0 Å². The topological polar surface area (TPSA) is 100 Å². The Kier molecular flexibility index (Phi) is 4.27. The number of amides is 1. The fourth-order valence-electron chi connectivity index (χ4n) is 1.30. The van der Waals surface area contributed by atoms with Crippen LogP contribution in [-0.2, 0) is 17.1 Å². The van der Waals surface area contributed by atoms with Gasteiger partial charge in [0.15, 0.2) is 0 Å². The van der Waals surface area contributed by atoms with E-state index in [1.165, 1.54) is 23.9 Å². The van der Waals surface area contributed by atoms with E-state index in [1.807, 2.05) is 0 Å². The van der Waals surface area contributed by atoms with E-state index in [0.717, 1.165) is 0 Å². The molecule has 1 aromatic rings. The number of nitrogens with zero attached hydrogens (tertiary/aromatic N) is 1. The van der Waals surface area contributed by atoms with Crippen molar-refractivity contribution < 1.29 is 18.3 Å². The predicted molar refractivity (Wildman–Crippen MR) is 61.1 cm³/mol. The average molecular weight is 261 g/mol. The highest BCUT2D eigenvalue weighted by Crippen LogP contribution is 2.12. The molecule has 0 aromatic carbocycles. The number of carbonyl (C=O) groups is 1. The Morgan fingerprint density at radius 3 is 2.71 bits per heavy atom. The fourth-order valence-corrected chi connectivity index (χ4v) is 2.39. The van der Waals surface area contributed by atoms with Gasteiger partial charge in [-0.2, -0.15) is 0 Å². The number of sulfonamides is 1. The average Bonchev–Trinajstić information content (AvgIpc) is 2.68. The number of aliphatic hydroxyl groups is 1.